The van der Waals surface area contributed by atoms with Gasteiger partial charge in [-0.25, -0.2) is 14.0 Å². The zero-order valence-electron chi connectivity index (χ0n) is 26.1. The Morgan fingerprint density at radius 3 is 2.39 bits per heavy atom. The molecule has 3 atom stereocenters. The van der Waals surface area contributed by atoms with Gasteiger partial charge in [-0.15, -0.1) is 0 Å². The summed E-state index contributed by atoms with van der Waals surface area (Å²) < 4.78 is 19.3. The highest BCUT2D eigenvalue weighted by molar-refractivity contribution is 6.38. The Labute approximate surface area is 272 Å². The fraction of sp³-hybridized carbons (Fsp3) is 0.471. The van der Waals surface area contributed by atoms with E-state index in [0.29, 0.717) is 55.2 Å². The van der Waals surface area contributed by atoms with Crippen LogP contribution in [-0.2, 0) is 14.3 Å². The molecule has 46 heavy (non-hydrogen) atoms. The number of amides is 3. The summed E-state index contributed by atoms with van der Waals surface area (Å²) in [6.45, 7) is 4.92. The van der Waals surface area contributed by atoms with Crippen LogP contribution in [0.2, 0.25) is 5.02 Å². The van der Waals surface area contributed by atoms with Crippen molar-refractivity contribution >= 4 is 52.1 Å². The van der Waals surface area contributed by atoms with Gasteiger partial charge in [0.15, 0.2) is 0 Å². The zero-order valence-corrected chi connectivity index (χ0v) is 26.9. The zero-order chi connectivity index (χ0) is 33.2. The van der Waals surface area contributed by atoms with Crippen molar-refractivity contribution in [2.24, 2.45) is 11.8 Å². The Morgan fingerprint density at radius 2 is 1.76 bits per heavy atom. The predicted molar refractivity (Wildman–Crippen MR) is 173 cm³/mol. The molecule has 1 aliphatic carbocycles. The van der Waals surface area contributed by atoms with E-state index in [9.17, 15) is 28.7 Å². The molecule has 2 aliphatic rings. The normalized spacial score (nSPS) is 22.3. The first-order chi connectivity index (χ1) is 21.9. The maximum absolute atomic E-state index is 14.0. The van der Waals surface area contributed by atoms with Crippen LogP contribution in [0.3, 0.4) is 0 Å². The third-order valence-electron chi connectivity index (χ3n) is 8.95. The second kappa shape index (κ2) is 13.7. The average Bonchev–Trinajstić information content (AvgIpc) is 3.61. The summed E-state index contributed by atoms with van der Waals surface area (Å²) in [5, 5.41) is 15.5. The Balaban J connectivity index is 1.31. The highest BCUT2D eigenvalue weighted by atomic mass is 35.5. The summed E-state index contributed by atoms with van der Waals surface area (Å²) in [5.74, 6) is -2.33. The lowest BCUT2D eigenvalue weighted by Crippen LogP contribution is -2.49. The maximum atomic E-state index is 14.0. The quantitative estimate of drug-likeness (QED) is 0.218. The van der Waals surface area contributed by atoms with E-state index in [0.717, 1.165) is 5.56 Å². The number of carboxylic acid groups (broad SMARTS) is 1. The number of anilines is 1. The van der Waals surface area contributed by atoms with Crippen LogP contribution in [0.1, 0.15) is 74.8 Å². The van der Waals surface area contributed by atoms with E-state index in [2.05, 4.69) is 15.6 Å². The van der Waals surface area contributed by atoms with Gasteiger partial charge in [0.1, 0.15) is 24.0 Å². The number of ether oxygens (including phenoxy) is 1. The number of nitrogens with one attached hydrogen (secondary N) is 3. The highest BCUT2D eigenvalue weighted by Gasteiger charge is 2.45. The Kier molecular flexibility index (Phi) is 9.91. The van der Waals surface area contributed by atoms with Crippen molar-refractivity contribution in [3.05, 3.63) is 64.8 Å². The average molecular weight is 655 g/mol. The van der Waals surface area contributed by atoms with Crippen LogP contribution in [0.4, 0.5) is 14.9 Å². The molecule has 3 amide bonds. The number of rotatable bonds is 8. The molecular weight excluding hydrogens is 615 g/mol. The van der Waals surface area contributed by atoms with Crippen molar-refractivity contribution in [2.75, 3.05) is 18.5 Å². The number of aromatic carboxylic acids is 1. The number of H-pyrrole nitrogens is 1. The predicted octanol–water partition coefficient (Wildman–Crippen LogP) is 6.51. The first-order valence-corrected chi connectivity index (χ1v) is 16.0. The van der Waals surface area contributed by atoms with Crippen LogP contribution < -0.4 is 10.6 Å². The van der Waals surface area contributed by atoms with Crippen LogP contribution in [-0.4, -0.2) is 69.8 Å². The minimum Gasteiger partial charge on any atom is -0.477 e. The number of alkyl halides is 1. The number of fused-ring (bicyclic) bond motifs is 1. The van der Waals surface area contributed by atoms with Crippen molar-refractivity contribution in [2.45, 2.75) is 76.5 Å². The number of alkyl carbamates (subject to hydrolysis) is 1. The van der Waals surface area contributed by atoms with Gasteiger partial charge in [-0.3, -0.25) is 9.59 Å². The van der Waals surface area contributed by atoms with Crippen molar-refractivity contribution in [1.29, 1.82) is 0 Å². The van der Waals surface area contributed by atoms with Gasteiger partial charge in [-0.1, -0.05) is 41.9 Å². The molecule has 10 nitrogen and oxygen atoms in total. The van der Waals surface area contributed by atoms with Crippen molar-refractivity contribution in [1.82, 2.24) is 15.2 Å². The molecule has 1 saturated heterocycles. The molecule has 1 saturated carbocycles. The topological polar surface area (TPSA) is 141 Å². The van der Waals surface area contributed by atoms with Crippen LogP contribution in [0.15, 0.2) is 48.5 Å². The molecule has 246 valence electrons. The number of likely N-dealkylation sites (tertiary alicyclic amines) is 1. The minimum atomic E-state index is -1.19. The largest absolute Gasteiger partial charge is 0.477 e. The van der Waals surface area contributed by atoms with Gasteiger partial charge in [0.05, 0.1) is 11.1 Å². The molecule has 2 aromatic carbocycles. The molecule has 5 rings (SSSR count). The van der Waals surface area contributed by atoms with E-state index in [1.807, 2.05) is 30.3 Å². The SMILES string of the molecule is CC(C)(C)OC(=O)NC(CF)C1CCC(C(=O)N2CC[C@H](c3ccccc3)[C@H]2C(=O)Nc2ccc3[nH]c(C(=O)O)c(Cl)c3c2)CC1. The molecule has 0 bridgehead atoms. The summed E-state index contributed by atoms with van der Waals surface area (Å²) in [7, 11) is 0. The number of carbonyl (C=O) groups is 4. The number of benzene rings is 2. The lowest BCUT2D eigenvalue weighted by atomic mass is 9.78. The third-order valence-corrected chi connectivity index (χ3v) is 9.35. The lowest BCUT2D eigenvalue weighted by Gasteiger charge is -2.36. The first kappa shape index (κ1) is 33.2. The molecule has 0 spiro atoms. The van der Waals surface area contributed by atoms with Gasteiger partial charge in [0, 0.05) is 35.0 Å². The van der Waals surface area contributed by atoms with Gasteiger partial charge >= 0.3 is 12.1 Å². The van der Waals surface area contributed by atoms with Gasteiger partial charge in [-0.05, 0) is 82.6 Å². The number of aromatic nitrogens is 1. The van der Waals surface area contributed by atoms with Crippen LogP contribution >= 0.6 is 11.6 Å². The summed E-state index contributed by atoms with van der Waals surface area (Å²) in [6.07, 6.45) is 2.10. The Hall–Kier alpha value is -4.12. The van der Waals surface area contributed by atoms with Crippen LogP contribution in [0.25, 0.3) is 10.9 Å². The molecule has 12 heteroatoms. The van der Waals surface area contributed by atoms with Gasteiger partial charge < -0.3 is 30.4 Å². The van der Waals surface area contributed by atoms with Gasteiger partial charge in [0.25, 0.3) is 0 Å². The van der Waals surface area contributed by atoms with Crippen molar-refractivity contribution < 1.29 is 33.4 Å². The summed E-state index contributed by atoms with van der Waals surface area (Å²) >= 11 is 6.31. The molecule has 1 aliphatic heterocycles. The third kappa shape index (κ3) is 7.30. The molecule has 3 aromatic rings. The van der Waals surface area contributed by atoms with Crippen molar-refractivity contribution in [3.63, 3.8) is 0 Å². The lowest BCUT2D eigenvalue weighted by molar-refractivity contribution is -0.141. The van der Waals surface area contributed by atoms with Crippen LogP contribution in [0.5, 0.6) is 0 Å². The maximum Gasteiger partial charge on any atom is 0.407 e. The number of nitrogens with zero attached hydrogens (tertiary/aromatic N) is 1. The monoisotopic (exact) mass is 654 g/mol. The van der Waals surface area contributed by atoms with E-state index in [-0.39, 0.29) is 40.3 Å². The smallest absolute Gasteiger partial charge is 0.407 e. The number of carbonyl (C=O) groups excluding carboxylic acids is 3. The second-order valence-corrected chi connectivity index (χ2v) is 13.5. The number of halogens is 2. The molecular formula is C34H40ClFN4O6. The van der Waals surface area contributed by atoms with E-state index < -0.39 is 36.4 Å². The van der Waals surface area contributed by atoms with Gasteiger partial charge in [-0.2, -0.15) is 0 Å². The molecule has 1 unspecified atom stereocenters. The summed E-state index contributed by atoms with van der Waals surface area (Å²) in [6, 6.07) is 13.1. The minimum absolute atomic E-state index is 0.0466. The molecule has 4 N–H and O–H groups in total. The Morgan fingerprint density at radius 1 is 1.07 bits per heavy atom. The van der Waals surface area contributed by atoms with Gasteiger partial charge in [0.2, 0.25) is 11.8 Å². The van der Waals surface area contributed by atoms with Crippen molar-refractivity contribution in [3.8, 4) is 0 Å². The van der Waals surface area contributed by atoms with Crippen LogP contribution in [0, 0.1) is 11.8 Å². The molecule has 2 heterocycles. The number of carboxylic acids is 1. The molecule has 0 radical (unpaired) electrons. The van der Waals surface area contributed by atoms with E-state index >= 15 is 0 Å². The van der Waals surface area contributed by atoms with E-state index in [1.54, 1.807) is 43.9 Å². The molecule has 1 aromatic heterocycles. The summed E-state index contributed by atoms with van der Waals surface area (Å²) in [4.78, 5) is 56.2. The number of aromatic amines is 1. The Bertz CT molecular complexity index is 1600. The first-order valence-electron chi connectivity index (χ1n) is 15.6. The van der Waals surface area contributed by atoms with E-state index in [4.69, 9.17) is 16.3 Å². The summed E-state index contributed by atoms with van der Waals surface area (Å²) in [5.41, 5.74) is 1.07. The standard InChI is InChI=1S/C34H40ClFN4O6/c1-34(2,3)46-33(45)39-26(18-36)20-9-11-21(12-10-20)31(42)40-16-15-23(19-7-5-4-6-8-19)29(40)30(41)37-22-13-14-25-24(17-22)27(35)28(38-25)32(43)44/h4-8,13-14,17,20-21,23,26,29,38H,9-12,15-16,18H2,1-3H3,(H,37,41)(H,39,45)(H,43,44)/t20?,21?,23-,26?,29+/m1/s1. The number of hydrogen-bond donors (Lipinski definition) is 4. The number of hydrogen-bond acceptors (Lipinski definition) is 5. The molecule has 2 fully saturated rings. The second-order valence-electron chi connectivity index (χ2n) is 13.2. The fourth-order valence-electron chi connectivity index (χ4n) is 6.76. The van der Waals surface area contributed by atoms with E-state index in [1.165, 1.54) is 0 Å². The fourth-order valence-corrected chi connectivity index (χ4v) is 7.04. The highest BCUT2D eigenvalue weighted by Crippen LogP contribution is 2.39.